The summed E-state index contributed by atoms with van der Waals surface area (Å²) in [6.45, 7) is 2.75. The van der Waals surface area contributed by atoms with E-state index in [1.165, 1.54) is 0 Å². The maximum Gasteiger partial charge on any atom is 0.358 e. The SMILES string of the molecule is CCOC(=O)c1ncn2c1CN(Cc1ccccc1)C(=O)c1ccccc1-2. The molecule has 0 saturated carbocycles. The van der Waals surface area contributed by atoms with Gasteiger partial charge in [-0.05, 0) is 24.6 Å². The third-order valence-corrected chi connectivity index (χ3v) is 4.57. The van der Waals surface area contributed by atoms with Crippen LogP contribution in [0.2, 0.25) is 0 Å². The molecule has 0 atom stereocenters. The Morgan fingerprint density at radius 3 is 2.63 bits per heavy atom. The van der Waals surface area contributed by atoms with Crippen LogP contribution in [-0.4, -0.2) is 32.9 Å². The summed E-state index contributed by atoms with van der Waals surface area (Å²) in [5.41, 5.74) is 3.23. The lowest BCUT2D eigenvalue weighted by molar-refractivity contribution is 0.0514. The van der Waals surface area contributed by atoms with Crippen LogP contribution in [0.25, 0.3) is 5.69 Å². The van der Waals surface area contributed by atoms with Gasteiger partial charge >= 0.3 is 5.97 Å². The van der Waals surface area contributed by atoms with Gasteiger partial charge < -0.3 is 9.64 Å². The number of carbonyl (C=O) groups excluding carboxylic acids is 2. The van der Waals surface area contributed by atoms with Gasteiger partial charge in [0.25, 0.3) is 5.91 Å². The minimum Gasteiger partial charge on any atom is -0.461 e. The zero-order chi connectivity index (χ0) is 18.8. The highest BCUT2D eigenvalue weighted by atomic mass is 16.5. The molecule has 0 N–H and O–H groups in total. The van der Waals surface area contributed by atoms with E-state index in [9.17, 15) is 9.59 Å². The number of benzene rings is 2. The quantitative estimate of drug-likeness (QED) is 0.670. The number of hydrogen-bond acceptors (Lipinski definition) is 4. The molecule has 0 spiro atoms. The fourth-order valence-electron chi connectivity index (χ4n) is 3.32. The molecule has 136 valence electrons. The smallest absolute Gasteiger partial charge is 0.358 e. The van der Waals surface area contributed by atoms with Crippen molar-refractivity contribution in [3.05, 3.63) is 83.4 Å². The predicted octanol–water partition coefficient (Wildman–Crippen LogP) is 3.21. The molecular formula is C21H19N3O3. The van der Waals surface area contributed by atoms with E-state index >= 15 is 0 Å². The number of carbonyl (C=O) groups is 2. The highest BCUT2D eigenvalue weighted by molar-refractivity contribution is 5.99. The van der Waals surface area contributed by atoms with Crippen molar-refractivity contribution >= 4 is 11.9 Å². The van der Waals surface area contributed by atoms with E-state index < -0.39 is 5.97 Å². The van der Waals surface area contributed by atoms with E-state index in [1.807, 2.05) is 53.1 Å². The molecule has 6 heteroatoms. The number of nitrogens with zero attached hydrogens (tertiary/aromatic N) is 3. The second kappa shape index (κ2) is 7.07. The molecule has 1 aliphatic rings. The summed E-state index contributed by atoms with van der Waals surface area (Å²) in [4.78, 5) is 31.5. The van der Waals surface area contributed by atoms with Crippen molar-refractivity contribution in [1.82, 2.24) is 14.5 Å². The molecule has 6 nitrogen and oxygen atoms in total. The average Bonchev–Trinajstić information content (AvgIpc) is 3.07. The zero-order valence-corrected chi connectivity index (χ0v) is 15.0. The molecule has 0 unspecified atom stereocenters. The number of fused-ring (bicyclic) bond motifs is 3. The summed E-state index contributed by atoms with van der Waals surface area (Å²) >= 11 is 0. The van der Waals surface area contributed by atoms with Crippen LogP contribution >= 0.6 is 0 Å². The minimum absolute atomic E-state index is 0.0760. The lowest BCUT2D eigenvalue weighted by Gasteiger charge is -2.21. The van der Waals surface area contributed by atoms with Crippen LogP contribution < -0.4 is 0 Å². The van der Waals surface area contributed by atoms with E-state index in [-0.39, 0.29) is 24.8 Å². The Balaban J connectivity index is 1.81. The third kappa shape index (κ3) is 3.10. The molecule has 1 aromatic heterocycles. The molecule has 2 heterocycles. The maximum absolute atomic E-state index is 13.2. The van der Waals surface area contributed by atoms with Gasteiger partial charge in [-0.1, -0.05) is 42.5 Å². The number of para-hydroxylation sites is 1. The average molecular weight is 361 g/mol. The molecule has 27 heavy (non-hydrogen) atoms. The molecule has 0 aliphatic carbocycles. The summed E-state index contributed by atoms with van der Waals surface area (Å²) in [7, 11) is 0. The van der Waals surface area contributed by atoms with Gasteiger partial charge in [0.2, 0.25) is 0 Å². The van der Waals surface area contributed by atoms with Crippen molar-refractivity contribution in [1.29, 1.82) is 0 Å². The molecule has 3 aromatic rings. The first-order valence-electron chi connectivity index (χ1n) is 8.85. The Hall–Kier alpha value is -3.41. The fraction of sp³-hybridized carbons (Fsp3) is 0.190. The van der Waals surface area contributed by atoms with E-state index in [0.717, 1.165) is 11.3 Å². The minimum atomic E-state index is -0.474. The first kappa shape index (κ1) is 17.0. The molecular weight excluding hydrogens is 342 g/mol. The maximum atomic E-state index is 13.2. The summed E-state index contributed by atoms with van der Waals surface area (Å²) in [6, 6.07) is 17.2. The monoisotopic (exact) mass is 361 g/mol. The molecule has 0 saturated heterocycles. The Kier molecular flexibility index (Phi) is 4.46. The Morgan fingerprint density at radius 2 is 1.85 bits per heavy atom. The van der Waals surface area contributed by atoms with Gasteiger partial charge in [0.1, 0.15) is 6.33 Å². The Morgan fingerprint density at radius 1 is 1.11 bits per heavy atom. The standard InChI is InChI=1S/C21H19N3O3/c1-2-27-21(26)19-18-13-23(12-15-8-4-3-5-9-15)20(25)16-10-6-7-11-17(16)24(18)14-22-19/h3-11,14H,2,12-13H2,1H3. The van der Waals surface area contributed by atoms with Crippen molar-refractivity contribution in [2.24, 2.45) is 0 Å². The van der Waals surface area contributed by atoms with Crippen LogP contribution in [0.1, 0.15) is 39.0 Å². The van der Waals surface area contributed by atoms with Crippen molar-refractivity contribution in [2.75, 3.05) is 6.61 Å². The van der Waals surface area contributed by atoms with Gasteiger partial charge in [-0.2, -0.15) is 0 Å². The van der Waals surface area contributed by atoms with Crippen LogP contribution in [0.3, 0.4) is 0 Å². The van der Waals surface area contributed by atoms with Crippen molar-refractivity contribution in [2.45, 2.75) is 20.0 Å². The second-order valence-electron chi connectivity index (χ2n) is 6.29. The summed E-state index contributed by atoms with van der Waals surface area (Å²) < 4.78 is 6.95. The van der Waals surface area contributed by atoms with Crippen LogP contribution in [0.5, 0.6) is 0 Å². The topological polar surface area (TPSA) is 64.4 Å². The number of esters is 1. The second-order valence-corrected chi connectivity index (χ2v) is 6.29. The zero-order valence-electron chi connectivity index (χ0n) is 15.0. The molecule has 4 rings (SSSR count). The Labute approximate surface area is 157 Å². The highest BCUT2D eigenvalue weighted by Crippen LogP contribution is 2.27. The van der Waals surface area contributed by atoms with Gasteiger partial charge in [-0.15, -0.1) is 0 Å². The van der Waals surface area contributed by atoms with Gasteiger partial charge in [0.05, 0.1) is 30.1 Å². The number of ether oxygens (including phenoxy) is 1. The number of aromatic nitrogens is 2. The first-order chi connectivity index (χ1) is 13.2. The molecule has 2 aromatic carbocycles. The number of rotatable bonds is 4. The summed E-state index contributed by atoms with van der Waals surface area (Å²) in [5, 5.41) is 0. The number of amides is 1. The van der Waals surface area contributed by atoms with E-state index in [0.29, 0.717) is 17.8 Å². The largest absolute Gasteiger partial charge is 0.461 e. The van der Waals surface area contributed by atoms with Crippen LogP contribution in [-0.2, 0) is 17.8 Å². The fourth-order valence-corrected chi connectivity index (χ4v) is 3.32. The van der Waals surface area contributed by atoms with E-state index in [1.54, 1.807) is 24.2 Å². The van der Waals surface area contributed by atoms with Crippen molar-refractivity contribution in [3.63, 3.8) is 0 Å². The third-order valence-electron chi connectivity index (χ3n) is 4.57. The molecule has 0 radical (unpaired) electrons. The number of imidazole rings is 1. The molecule has 0 fully saturated rings. The lowest BCUT2D eigenvalue weighted by atomic mass is 10.1. The van der Waals surface area contributed by atoms with Gasteiger partial charge in [0.15, 0.2) is 5.69 Å². The van der Waals surface area contributed by atoms with Crippen LogP contribution in [0, 0.1) is 0 Å². The predicted molar refractivity (Wildman–Crippen MR) is 99.5 cm³/mol. The molecule has 1 aliphatic heterocycles. The van der Waals surface area contributed by atoms with Crippen LogP contribution in [0.4, 0.5) is 0 Å². The Bertz CT molecular complexity index is 995. The molecule has 0 bridgehead atoms. The van der Waals surface area contributed by atoms with Gasteiger partial charge in [-0.3, -0.25) is 9.36 Å². The van der Waals surface area contributed by atoms with Crippen LogP contribution in [0.15, 0.2) is 60.9 Å². The van der Waals surface area contributed by atoms with Gasteiger partial charge in [0, 0.05) is 6.54 Å². The highest BCUT2D eigenvalue weighted by Gasteiger charge is 2.30. The van der Waals surface area contributed by atoms with E-state index in [4.69, 9.17) is 4.74 Å². The van der Waals surface area contributed by atoms with Crippen molar-refractivity contribution in [3.8, 4) is 5.69 Å². The lowest BCUT2D eigenvalue weighted by Crippen LogP contribution is -2.29. The normalized spacial score (nSPS) is 12.9. The van der Waals surface area contributed by atoms with E-state index in [2.05, 4.69) is 4.98 Å². The number of hydrogen-bond donors (Lipinski definition) is 0. The van der Waals surface area contributed by atoms with Crippen molar-refractivity contribution < 1.29 is 14.3 Å². The molecule has 1 amide bonds. The first-order valence-corrected chi connectivity index (χ1v) is 8.85. The summed E-state index contributed by atoms with van der Waals surface area (Å²) in [6.07, 6.45) is 1.58. The summed E-state index contributed by atoms with van der Waals surface area (Å²) in [5.74, 6) is -0.550. The van der Waals surface area contributed by atoms with Gasteiger partial charge in [-0.25, -0.2) is 9.78 Å².